The highest BCUT2D eigenvalue weighted by Gasteiger charge is 2.57. The molecule has 2 heterocycles. The third-order valence-corrected chi connectivity index (χ3v) is 7.60. The zero-order chi connectivity index (χ0) is 21.3. The molecule has 0 aromatic carbocycles. The SMILES string of the molecule is O=C(NCc1cccnc1)C(C(=O)NCc1cccnc1)C12CC3CC(CC(C3)C1)C2. The molecule has 2 amide bonds. The zero-order valence-corrected chi connectivity index (χ0v) is 17.8. The number of amides is 2. The van der Waals surface area contributed by atoms with Crippen molar-refractivity contribution >= 4 is 11.8 Å². The molecule has 4 saturated carbocycles. The van der Waals surface area contributed by atoms with Crippen molar-refractivity contribution in [3.05, 3.63) is 60.2 Å². The average molecular weight is 419 g/mol. The van der Waals surface area contributed by atoms with E-state index in [-0.39, 0.29) is 17.2 Å². The van der Waals surface area contributed by atoms with Crippen molar-refractivity contribution in [1.29, 1.82) is 0 Å². The lowest BCUT2D eigenvalue weighted by atomic mass is 9.46. The van der Waals surface area contributed by atoms with Crippen LogP contribution in [0.1, 0.15) is 49.7 Å². The molecule has 0 unspecified atom stereocenters. The van der Waals surface area contributed by atoms with E-state index in [0.717, 1.165) is 30.4 Å². The quantitative estimate of drug-likeness (QED) is 0.676. The summed E-state index contributed by atoms with van der Waals surface area (Å²) in [6.07, 6.45) is 13.8. The molecule has 0 radical (unpaired) electrons. The van der Waals surface area contributed by atoms with E-state index in [4.69, 9.17) is 0 Å². The van der Waals surface area contributed by atoms with Crippen LogP contribution in [0.3, 0.4) is 0 Å². The van der Waals surface area contributed by atoms with Gasteiger partial charge in [0.15, 0.2) is 0 Å². The standard InChI is InChI=1S/C25H30N4O2/c30-23(28-15-17-3-1-5-26-13-17)22(24(31)29-16-18-4-2-6-27-14-18)25-10-19-7-20(11-25)9-21(8-19)12-25/h1-6,13-14,19-22H,7-12,15-16H2,(H,28,30)(H,29,31). The van der Waals surface area contributed by atoms with Crippen LogP contribution < -0.4 is 10.6 Å². The van der Waals surface area contributed by atoms with Crippen LogP contribution in [0.4, 0.5) is 0 Å². The molecule has 4 aliphatic rings. The molecule has 2 N–H and O–H groups in total. The van der Waals surface area contributed by atoms with Crippen LogP contribution in [-0.4, -0.2) is 21.8 Å². The topological polar surface area (TPSA) is 84.0 Å². The fourth-order valence-electron chi connectivity index (χ4n) is 6.79. The lowest BCUT2D eigenvalue weighted by Gasteiger charge is -2.58. The van der Waals surface area contributed by atoms with E-state index in [0.29, 0.717) is 30.8 Å². The third-order valence-electron chi connectivity index (χ3n) is 7.60. The minimum absolute atomic E-state index is 0.144. The zero-order valence-electron chi connectivity index (χ0n) is 17.8. The minimum atomic E-state index is -0.644. The van der Waals surface area contributed by atoms with Gasteiger partial charge in [0.25, 0.3) is 0 Å². The van der Waals surface area contributed by atoms with Gasteiger partial charge in [-0.2, -0.15) is 0 Å². The Balaban J connectivity index is 1.35. The molecule has 31 heavy (non-hydrogen) atoms. The van der Waals surface area contributed by atoms with Crippen molar-refractivity contribution < 1.29 is 9.59 Å². The predicted molar refractivity (Wildman–Crippen MR) is 116 cm³/mol. The number of hydrogen-bond donors (Lipinski definition) is 2. The Morgan fingerprint density at radius 2 is 1.29 bits per heavy atom. The molecule has 2 aromatic heterocycles. The monoisotopic (exact) mass is 418 g/mol. The van der Waals surface area contributed by atoms with E-state index >= 15 is 0 Å². The minimum Gasteiger partial charge on any atom is -0.351 e. The van der Waals surface area contributed by atoms with Gasteiger partial charge in [-0.3, -0.25) is 19.6 Å². The normalized spacial score (nSPS) is 28.5. The predicted octanol–water partition coefficient (Wildman–Crippen LogP) is 3.24. The Morgan fingerprint density at radius 1 is 0.839 bits per heavy atom. The van der Waals surface area contributed by atoms with Crippen LogP contribution >= 0.6 is 0 Å². The number of nitrogens with zero attached hydrogens (tertiary/aromatic N) is 2. The molecule has 6 heteroatoms. The van der Waals surface area contributed by atoms with Crippen LogP contribution in [-0.2, 0) is 22.7 Å². The van der Waals surface area contributed by atoms with Crippen molar-refractivity contribution in [2.45, 2.75) is 51.6 Å². The van der Waals surface area contributed by atoms with Gasteiger partial charge < -0.3 is 10.6 Å². The second-order valence-corrected chi connectivity index (χ2v) is 9.87. The molecule has 4 bridgehead atoms. The maximum Gasteiger partial charge on any atom is 0.233 e. The van der Waals surface area contributed by atoms with Crippen molar-refractivity contribution in [1.82, 2.24) is 20.6 Å². The highest BCUT2D eigenvalue weighted by molar-refractivity contribution is 6.01. The summed E-state index contributed by atoms with van der Waals surface area (Å²) in [6, 6.07) is 7.60. The first-order valence-electron chi connectivity index (χ1n) is 11.4. The number of hydrogen-bond acceptors (Lipinski definition) is 4. The summed E-state index contributed by atoms with van der Waals surface area (Å²) in [5, 5.41) is 6.10. The lowest BCUT2D eigenvalue weighted by Crippen LogP contribution is -2.57. The van der Waals surface area contributed by atoms with Gasteiger partial charge in [0.2, 0.25) is 11.8 Å². The third kappa shape index (κ3) is 4.21. The summed E-state index contributed by atoms with van der Waals surface area (Å²) in [7, 11) is 0. The van der Waals surface area contributed by atoms with Gasteiger partial charge in [0, 0.05) is 37.9 Å². The van der Waals surface area contributed by atoms with E-state index < -0.39 is 5.92 Å². The Kier molecular flexibility index (Phi) is 5.47. The number of carbonyl (C=O) groups excluding carboxylic acids is 2. The van der Waals surface area contributed by atoms with E-state index in [1.807, 2.05) is 24.3 Å². The maximum atomic E-state index is 13.5. The van der Waals surface area contributed by atoms with Gasteiger partial charge >= 0.3 is 0 Å². The Hall–Kier alpha value is -2.76. The molecular formula is C25H30N4O2. The summed E-state index contributed by atoms with van der Waals surface area (Å²) in [5.74, 6) is 1.08. The Morgan fingerprint density at radius 3 is 1.68 bits per heavy atom. The first-order chi connectivity index (χ1) is 15.1. The average Bonchev–Trinajstić information content (AvgIpc) is 2.77. The molecule has 6 nitrogen and oxygen atoms in total. The molecule has 2 aromatic rings. The molecule has 162 valence electrons. The van der Waals surface area contributed by atoms with E-state index in [1.54, 1.807) is 24.8 Å². The lowest BCUT2D eigenvalue weighted by molar-refractivity contribution is -0.153. The van der Waals surface area contributed by atoms with Crippen molar-refractivity contribution in [3.8, 4) is 0 Å². The van der Waals surface area contributed by atoms with Crippen molar-refractivity contribution in [2.24, 2.45) is 29.1 Å². The second-order valence-electron chi connectivity index (χ2n) is 9.87. The van der Waals surface area contributed by atoms with E-state index in [9.17, 15) is 9.59 Å². The van der Waals surface area contributed by atoms with Crippen LogP contribution in [0.2, 0.25) is 0 Å². The molecule has 6 rings (SSSR count). The molecule has 0 aliphatic heterocycles. The highest BCUT2D eigenvalue weighted by atomic mass is 16.2. The molecule has 4 aliphatic carbocycles. The fourth-order valence-corrected chi connectivity index (χ4v) is 6.79. The summed E-state index contributed by atoms with van der Waals surface area (Å²) in [4.78, 5) is 35.2. The van der Waals surface area contributed by atoms with Gasteiger partial charge in [-0.1, -0.05) is 12.1 Å². The van der Waals surface area contributed by atoms with Crippen LogP contribution in [0.15, 0.2) is 49.1 Å². The van der Waals surface area contributed by atoms with Gasteiger partial charge in [-0.25, -0.2) is 0 Å². The Labute approximate surface area is 183 Å². The van der Waals surface area contributed by atoms with E-state index in [1.165, 1.54) is 19.3 Å². The first-order valence-corrected chi connectivity index (χ1v) is 11.4. The molecular weight excluding hydrogens is 388 g/mol. The largest absolute Gasteiger partial charge is 0.351 e. The van der Waals surface area contributed by atoms with Crippen LogP contribution in [0.5, 0.6) is 0 Å². The van der Waals surface area contributed by atoms with E-state index in [2.05, 4.69) is 20.6 Å². The number of carbonyl (C=O) groups is 2. The second kappa shape index (κ2) is 8.40. The number of pyridine rings is 2. The van der Waals surface area contributed by atoms with Gasteiger partial charge in [-0.05, 0) is 85.0 Å². The van der Waals surface area contributed by atoms with Gasteiger partial charge in [0.05, 0.1) is 0 Å². The van der Waals surface area contributed by atoms with Gasteiger partial charge in [0.1, 0.15) is 5.92 Å². The smallest absolute Gasteiger partial charge is 0.233 e. The number of nitrogens with one attached hydrogen (secondary N) is 2. The summed E-state index contributed by atoms with van der Waals surface area (Å²) in [5.41, 5.74) is 1.68. The summed E-state index contributed by atoms with van der Waals surface area (Å²) in [6.45, 7) is 0.789. The van der Waals surface area contributed by atoms with Crippen molar-refractivity contribution in [3.63, 3.8) is 0 Å². The Bertz CT molecular complexity index is 840. The molecule has 4 fully saturated rings. The van der Waals surface area contributed by atoms with Crippen LogP contribution in [0.25, 0.3) is 0 Å². The number of aromatic nitrogens is 2. The molecule has 0 atom stereocenters. The number of rotatable bonds is 7. The molecule has 0 spiro atoms. The fraction of sp³-hybridized carbons (Fsp3) is 0.520. The summed E-state index contributed by atoms with van der Waals surface area (Å²) >= 11 is 0. The van der Waals surface area contributed by atoms with Crippen molar-refractivity contribution in [2.75, 3.05) is 0 Å². The summed E-state index contributed by atoms with van der Waals surface area (Å²) < 4.78 is 0. The van der Waals surface area contributed by atoms with Gasteiger partial charge in [-0.15, -0.1) is 0 Å². The highest BCUT2D eigenvalue weighted by Crippen LogP contribution is 2.62. The van der Waals surface area contributed by atoms with Crippen LogP contribution in [0, 0.1) is 29.1 Å². The molecule has 0 saturated heterocycles. The first kappa shape index (κ1) is 20.2. The maximum absolute atomic E-state index is 13.5.